The van der Waals surface area contributed by atoms with Gasteiger partial charge in [0.25, 0.3) is 0 Å². The van der Waals surface area contributed by atoms with Crippen molar-refractivity contribution in [3.63, 3.8) is 0 Å². The molecule has 2 aliphatic heterocycles. The highest BCUT2D eigenvalue weighted by atomic mass is 16.6. The largest absolute Gasteiger partial charge is 0.448 e. The number of morpholine rings is 1. The van der Waals surface area contributed by atoms with Gasteiger partial charge in [-0.15, -0.1) is 0 Å². The Hall–Kier alpha value is -2.63. The Kier molecular flexibility index (Phi) is 4.68. The predicted molar refractivity (Wildman–Crippen MR) is 114 cm³/mol. The quantitative estimate of drug-likeness (QED) is 0.781. The van der Waals surface area contributed by atoms with E-state index in [-0.39, 0.29) is 24.1 Å². The SMILES string of the molecule is C=C(C)C1(O)CC2COCC(C1)N2C(=O)OCC1c2ccccc2-c2ccccc21. The number of carbonyl (C=O) groups excluding carboxylic acids is 1. The lowest BCUT2D eigenvalue weighted by atomic mass is 9.77. The average Bonchev–Trinajstić information content (AvgIpc) is 3.05. The minimum absolute atomic E-state index is 0.0367. The summed E-state index contributed by atoms with van der Waals surface area (Å²) in [6, 6.07) is 16.2. The van der Waals surface area contributed by atoms with Gasteiger partial charge in [0.2, 0.25) is 0 Å². The monoisotopic (exact) mass is 405 g/mol. The van der Waals surface area contributed by atoms with Crippen molar-refractivity contribution in [2.24, 2.45) is 0 Å². The predicted octanol–water partition coefficient (Wildman–Crippen LogP) is 4.11. The normalized spacial score (nSPS) is 27.3. The molecular formula is C25H27NO4. The van der Waals surface area contributed by atoms with Crippen LogP contribution < -0.4 is 0 Å². The van der Waals surface area contributed by atoms with Crippen molar-refractivity contribution in [3.05, 3.63) is 71.8 Å². The van der Waals surface area contributed by atoms with E-state index in [1.165, 1.54) is 22.3 Å². The van der Waals surface area contributed by atoms with Crippen LogP contribution >= 0.6 is 0 Å². The molecule has 2 heterocycles. The number of amides is 1. The van der Waals surface area contributed by atoms with Crippen LogP contribution in [0.3, 0.4) is 0 Å². The Bertz CT molecular complexity index is 941. The summed E-state index contributed by atoms with van der Waals surface area (Å²) in [4.78, 5) is 14.9. The molecule has 2 unspecified atom stereocenters. The fraction of sp³-hybridized carbons (Fsp3) is 0.400. The van der Waals surface area contributed by atoms with Gasteiger partial charge in [-0.2, -0.15) is 0 Å². The molecular weight excluding hydrogens is 378 g/mol. The van der Waals surface area contributed by atoms with Crippen molar-refractivity contribution < 1.29 is 19.4 Å². The van der Waals surface area contributed by atoms with Crippen molar-refractivity contribution in [1.29, 1.82) is 0 Å². The van der Waals surface area contributed by atoms with Gasteiger partial charge in [0.05, 0.1) is 30.9 Å². The van der Waals surface area contributed by atoms with Crippen LogP contribution in [0.5, 0.6) is 0 Å². The summed E-state index contributed by atoms with van der Waals surface area (Å²) in [5.74, 6) is 0.0367. The maximum Gasteiger partial charge on any atom is 0.410 e. The van der Waals surface area contributed by atoms with Gasteiger partial charge in [0.1, 0.15) is 6.61 Å². The van der Waals surface area contributed by atoms with Crippen LogP contribution in [0.15, 0.2) is 60.7 Å². The highest BCUT2D eigenvalue weighted by Gasteiger charge is 2.49. The van der Waals surface area contributed by atoms with Crippen molar-refractivity contribution in [2.75, 3.05) is 19.8 Å². The summed E-state index contributed by atoms with van der Waals surface area (Å²) in [6.07, 6.45) is 0.547. The molecule has 0 aromatic heterocycles. The Morgan fingerprint density at radius 2 is 1.63 bits per heavy atom. The lowest BCUT2D eigenvalue weighted by Crippen LogP contribution is -2.63. The zero-order valence-corrected chi connectivity index (χ0v) is 17.2. The number of aliphatic hydroxyl groups is 1. The van der Waals surface area contributed by atoms with Crippen LogP contribution in [0.25, 0.3) is 11.1 Å². The van der Waals surface area contributed by atoms with E-state index in [4.69, 9.17) is 9.47 Å². The minimum Gasteiger partial charge on any atom is -0.448 e. The smallest absolute Gasteiger partial charge is 0.410 e. The third kappa shape index (κ3) is 3.04. The van der Waals surface area contributed by atoms with E-state index in [2.05, 4.69) is 30.8 Å². The molecule has 2 saturated heterocycles. The Morgan fingerprint density at radius 1 is 1.10 bits per heavy atom. The molecule has 30 heavy (non-hydrogen) atoms. The van der Waals surface area contributed by atoms with Crippen LogP contribution in [0.1, 0.15) is 36.8 Å². The Balaban J connectivity index is 1.34. The van der Waals surface area contributed by atoms with Crippen molar-refractivity contribution in [2.45, 2.75) is 43.4 Å². The summed E-state index contributed by atoms with van der Waals surface area (Å²) < 4.78 is 11.5. The number of hydrogen-bond acceptors (Lipinski definition) is 4. The van der Waals surface area contributed by atoms with Crippen molar-refractivity contribution >= 4 is 6.09 Å². The standard InChI is InChI=1S/C25H27NO4/c1-16(2)25(28)11-17-13-29-14-18(12-25)26(17)24(27)30-15-23-21-9-5-3-7-19(21)20-8-4-6-10-22(20)23/h3-10,17-18,23,28H,1,11-15H2,2H3. The van der Waals surface area contributed by atoms with Crippen LogP contribution in [-0.2, 0) is 9.47 Å². The lowest BCUT2D eigenvalue weighted by molar-refractivity contribution is -0.120. The topological polar surface area (TPSA) is 59.0 Å². The van der Waals surface area contributed by atoms with E-state index in [0.29, 0.717) is 32.7 Å². The zero-order valence-electron chi connectivity index (χ0n) is 17.2. The van der Waals surface area contributed by atoms with Crippen LogP contribution in [0.2, 0.25) is 0 Å². The molecule has 3 aliphatic rings. The van der Waals surface area contributed by atoms with Crippen LogP contribution in [-0.4, -0.2) is 53.6 Å². The molecule has 0 spiro atoms. The first-order valence-electron chi connectivity index (χ1n) is 10.6. The van der Waals surface area contributed by atoms with E-state index in [1.54, 1.807) is 4.90 Å². The third-order valence-electron chi connectivity index (χ3n) is 6.90. The second kappa shape index (κ2) is 7.25. The van der Waals surface area contributed by atoms with Crippen LogP contribution in [0, 0.1) is 0 Å². The molecule has 2 bridgehead atoms. The summed E-state index contributed by atoms with van der Waals surface area (Å²) in [5, 5.41) is 10.9. The number of hydrogen-bond donors (Lipinski definition) is 1. The van der Waals surface area contributed by atoms with E-state index in [9.17, 15) is 9.90 Å². The minimum atomic E-state index is -0.945. The van der Waals surface area contributed by atoms with E-state index in [1.807, 2.05) is 31.2 Å². The molecule has 1 N–H and O–H groups in total. The zero-order chi connectivity index (χ0) is 20.9. The number of rotatable bonds is 3. The molecule has 2 fully saturated rings. The molecule has 5 nitrogen and oxygen atoms in total. The number of ether oxygens (including phenoxy) is 2. The highest BCUT2D eigenvalue weighted by molar-refractivity contribution is 5.79. The maximum absolute atomic E-state index is 13.1. The molecule has 5 rings (SSSR count). The number of carbonyl (C=O) groups is 1. The number of benzene rings is 2. The number of piperidine rings is 1. The summed E-state index contributed by atoms with van der Waals surface area (Å²) in [6.45, 7) is 6.93. The van der Waals surface area contributed by atoms with Crippen molar-refractivity contribution in [1.82, 2.24) is 4.90 Å². The summed E-state index contributed by atoms with van der Waals surface area (Å²) in [5.41, 5.74) is 4.62. The van der Waals surface area contributed by atoms with Gasteiger partial charge in [-0.25, -0.2) is 4.79 Å². The summed E-state index contributed by atoms with van der Waals surface area (Å²) in [7, 11) is 0. The third-order valence-corrected chi connectivity index (χ3v) is 6.90. The second-order valence-electron chi connectivity index (χ2n) is 8.78. The van der Waals surface area contributed by atoms with Gasteiger partial charge >= 0.3 is 6.09 Å². The molecule has 0 saturated carbocycles. The van der Waals surface area contributed by atoms with Gasteiger partial charge < -0.3 is 14.6 Å². The first-order valence-corrected chi connectivity index (χ1v) is 10.6. The van der Waals surface area contributed by atoms with Crippen LogP contribution in [0.4, 0.5) is 4.79 Å². The molecule has 2 atom stereocenters. The van der Waals surface area contributed by atoms with E-state index in [0.717, 1.165) is 5.57 Å². The van der Waals surface area contributed by atoms with E-state index < -0.39 is 5.60 Å². The second-order valence-corrected chi connectivity index (χ2v) is 8.78. The summed E-state index contributed by atoms with van der Waals surface area (Å²) >= 11 is 0. The van der Waals surface area contributed by atoms with E-state index >= 15 is 0 Å². The molecule has 2 aromatic rings. The Morgan fingerprint density at radius 3 is 2.17 bits per heavy atom. The first-order chi connectivity index (χ1) is 14.5. The van der Waals surface area contributed by atoms with Gasteiger partial charge in [-0.1, -0.05) is 55.1 Å². The van der Waals surface area contributed by atoms with Gasteiger partial charge in [0.15, 0.2) is 0 Å². The molecule has 1 amide bonds. The highest BCUT2D eigenvalue weighted by Crippen LogP contribution is 2.45. The Labute approximate surface area is 176 Å². The lowest BCUT2D eigenvalue weighted by Gasteiger charge is -2.51. The molecule has 156 valence electrons. The molecule has 0 radical (unpaired) electrons. The van der Waals surface area contributed by atoms with Gasteiger partial charge in [-0.3, -0.25) is 4.90 Å². The molecule has 2 aromatic carbocycles. The van der Waals surface area contributed by atoms with Gasteiger partial charge in [0, 0.05) is 18.8 Å². The maximum atomic E-state index is 13.1. The molecule has 1 aliphatic carbocycles. The van der Waals surface area contributed by atoms with Gasteiger partial charge in [-0.05, 0) is 34.8 Å². The number of nitrogens with zero attached hydrogens (tertiary/aromatic N) is 1. The fourth-order valence-corrected chi connectivity index (χ4v) is 5.29. The first kappa shape index (κ1) is 19.3. The fourth-order valence-electron chi connectivity index (χ4n) is 5.29. The van der Waals surface area contributed by atoms with Crippen molar-refractivity contribution in [3.8, 4) is 11.1 Å². The number of fused-ring (bicyclic) bond motifs is 5. The molecule has 5 heteroatoms. The average molecular weight is 405 g/mol.